The Labute approximate surface area is 164 Å². The molecule has 3 atom stereocenters. The normalized spacial score (nSPS) is 21.7. The van der Waals surface area contributed by atoms with Crippen LogP contribution in [0.25, 0.3) is 0 Å². The highest BCUT2D eigenvalue weighted by Gasteiger charge is 2.33. The van der Waals surface area contributed by atoms with Crippen LogP contribution in [0.4, 0.5) is 4.39 Å². The predicted molar refractivity (Wildman–Crippen MR) is 104 cm³/mol. The Morgan fingerprint density at radius 2 is 1.79 bits per heavy atom. The van der Waals surface area contributed by atoms with Crippen molar-refractivity contribution >= 4 is 11.8 Å². The number of halogens is 1. The van der Waals surface area contributed by atoms with E-state index in [9.17, 15) is 19.1 Å². The lowest BCUT2D eigenvalue weighted by molar-refractivity contribution is -0.128. The van der Waals surface area contributed by atoms with Crippen LogP contribution < -0.4 is 10.6 Å². The van der Waals surface area contributed by atoms with Crippen LogP contribution in [0.1, 0.15) is 30.4 Å². The maximum absolute atomic E-state index is 13.2. The number of benzene rings is 2. The number of aliphatic hydroxyl groups excluding tert-OH is 1. The first-order valence-corrected chi connectivity index (χ1v) is 9.55. The van der Waals surface area contributed by atoms with E-state index in [4.69, 9.17) is 0 Å². The molecule has 0 aromatic heterocycles. The van der Waals surface area contributed by atoms with E-state index in [2.05, 4.69) is 10.6 Å². The fraction of sp³-hybridized carbons (Fsp3) is 0.364. The number of nitrogens with one attached hydrogen (secondary N) is 2. The van der Waals surface area contributed by atoms with Gasteiger partial charge in [0, 0.05) is 12.5 Å². The summed E-state index contributed by atoms with van der Waals surface area (Å²) in [6, 6.07) is 15.2. The largest absolute Gasteiger partial charge is 0.391 e. The molecule has 0 heterocycles. The molecule has 5 nitrogen and oxygen atoms in total. The number of carbonyl (C=O) groups excluding carboxylic acids is 2. The predicted octanol–water partition coefficient (Wildman–Crippen LogP) is 2.33. The average Bonchev–Trinajstić information content (AvgIpc) is 2.68. The molecule has 28 heavy (non-hydrogen) atoms. The van der Waals surface area contributed by atoms with Gasteiger partial charge in [-0.2, -0.15) is 0 Å². The summed E-state index contributed by atoms with van der Waals surface area (Å²) >= 11 is 0. The third kappa shape index (κ3) is 5.63. The zero-order valence-electron chi connectivity index (χ0n) is 15.6. The van der Waals surface area contributed by atoms with Crippen LogP contribution in [0.3, 0.4) is 0 Å². The van der Waals surface area contributed by atoms with Crippen molar-refractivity contribution in [2.45, 2.75) is 44.4 Å². The quantitative estimate of drug-likeness (QED) is 0.715. The fourth-order valence-electron chi connectivity index (χ4n) is 3.57. The van der Waals surface area contributed by atoms with Gasteiger partial charge in [0.05, 0.1) is 18.6 Å². The van der Waals surface area contributed by atoms with Crippen LogP contribution in [0.5, 0.6) is 0 Å². The van der Waals surface area contributed by atoms with Crippen molar-refractivity contribution in [3.8, 4) is 0 Å². The molecule has 1 aliphatic carbocycles. The van der Waals surface area contributed by atoms with Gasteiger partial charge in [-0.15, -0.1) is 0 Å². The van der Waals surface area contributed by atoms with E-state index >= 15 is 0 Å². The monoisotopic (exact) mass is 384 g/mol. The molecule has 3 rings (SSSR count). The fourth-order valence-corrected chi connectivity index (χ4v) is 3.57. The summed E-state index contributed by atoms with van der Waals surface area (Å²) in [5.74, 6) is -0.989. The summed E-state index contributed by atoms with van der Waals surface area (Å²) in [7, 11) is 0. The van der Waals surface area contributed by atoms with Gasteiger partial charge in [0.1, 0.15) is 5.82 Å². The second kappa shape index (κ2) is 9.46. The van der Waals surface area contributed by atoms with Crippen molar-refractivity contribution < 1.29 is 19.1 Å². The molecule has 0 saturated heterocycles. The first-order chi connectivity index (χ1) is 13.5. The number of hydrogen-bond acceptors (Lipinski definition) is 3. The van der Waals surface area contributed by atoms with E-state index in [-0.39, 0.29) is 36.0 Å². The van der Waals surface area contributed by atoms with Gasteiger partial charge in [-0.25, -0.2) is 4.39 Å². The van der Waals surface area contributed by atoms with E-state index in [1.807, 2.05) is 30.3 Å². The lowest BCUT2D eigenvalue weighted by Gasteiger charge is -2.33. The Bertz CT molecular complexity index is 812. The Kier molecular flexibility index (Phi) is 6.76. The Hall–Kier alpha value is -2.73. The van der Waals surface area contributed by atoms with Crippen LogP contribution in [0.2, 0.25) is 0 Å². The molecule has 1 saturated carbocycles. The lowest BCUT2D eigenvalue weighted by Crippen LogP contribution is -2.49. The Morgan fingerprint density at radius 1 is 1.04 bits per heavy atom. The molecule has 0 aliphatic heterocycles. The van der Waals surface area contributed by atoms with Gasteiger partial charge in [-0.1, -0.05) is 42.5 Å². The number of hydrogen-bond donors (Lipinski definition) is 3. The summed E-state index contributed by atoms with van der Waals surface area (Å²) in [4.78, 5) is 24.6. The molecule has 3 N–H and O–H groups in total. The number of amides is 2. The molecule has 0 bridgehead atoms. The van der Waals surface area contributed by atoms with Gasteiger partial charge in [0.15, 0.2) is 0 Å². The number of rotatable bonds is 6. The zero-order chi connectivity index (χ0) is 19.9. The van der Waals surface area contributed by atoms with Gasteiger partial charge >= 0.3 is 0 Å². The average molecular weight is 384 g/mol. The van der Waals surface area contributed by atoms with Crippen molar-refractivity contribution in [1.82, 2.24) is 10.6 Å². The van der Waals surface area contributed by atoms with E-state index in [0.717, 1.165) is 5.56 Å². The van der Waals surface area contributed by atoms with Crippen molar-refractivity contribution in [2.24, 2.45) is 5.92 Å². The maximum Gasteiger partial charge on any atom is 0.224 e. The van der Waals surface area contributed by atoms with E-state index in [1.165, 1.54) is 12.1 Å². The van der Waals surface area contributed by atoms with Crippen molar-refractivity contribution in [2.75, 3.05) is 0 Å². The Balaban J connectivity index is 1.45. The van der Waals surface area contributed by atoms with Crippen molar-refractivity contribution in [1.29, 1.82) is 0 Å². The molecule has 0 unspecified atom stereocenters. The minimum Gasteiger partial charge on any atom is -0.391 e. The Morgan fingerprint density at radius 3 is 2.50 bits per heavy atom. The van der Waals surface area contributed by atoms with Crippen molar-refractivity contribution in [3.05, 3.63) is 71.5 Å². The standard InChI is InChI=1S/C22H25FN2O3/c23-18-8-4-7-16(11-18)12-21(27)25-19-10-9-17(13-20(19)26)22(28)24-14-15-5-2-1-3-6-15/h1-8,11,17,19-20,26H,9-10,12-14H2,(H,24,28)(H,25,27)/t17-,19-,20-/m0/s1. The lowest BCUT2D eigenvalue weighted by atomic mass is 9.83. The summed E-state index contributed by atoms with van der Waals surface area (Å²) in [6.45, 7) is 0.458. The zero-order valence-corrected chi connectivity index (χ0v) is 15.6. The van der Waals surface area contributed by atoms with E-state index in [1.54, 1.807) is 12.1 Å². The smallest absolute Gasteiger partial charge is 0.224 e. The minimum absolute atomic E-state index is 0.0575. The first-order valence-electron chi connectivity index (χ1n) is 9.55. The summed E-state index contributed by atoms with van der Waals surface area (Å²) in [5.41, 5.74) is 1.61. The van der Waals surface area contributed by atoms with Gasteiger partial charge in [0.25, 0.3) is 0 Å². The molecule has 0 spiro atoms. The first kappa shape index (κ1) is 20.0. The highest BCUT2D eigenvalue weighted by molar-refractivity contribution is 5.80. The van der Waals surface area contributed by atoms with Crippen molar-refractivity contribution in [3.63, 3.8) is 0 Å². The summed E-state index contributed by atoms with van der Waals surface area (Å²) in [5, 5.41) is 16.1. The minimum atomic E-state index is -0.780. The molecule has 6 heteroatoms. The van der Waals surface area contributed by atoms with Crippen LogP contribution >= 0.6 is 0 Å². The number of carbonyl (C=O) groups is 2. The highest BCUT2D eigenvalue weighted by atomic mass is 19.1. The summed E-state index contributed by atoms with van der Waals surface area (Å²) in [6.07, 6.45) is 0.716. The van der Waals surface area contributed by atoms with Gasteiger partial charge in [-0.3, -0.25) is 9.59 Å². The second-order valence-corrected chi connectivity index (χ2v) is 7.26. The second-order valence-electron chi connectivity index (χ2n) is 7.26. The van der Waals surface area contributed by atoms with Gasteiger partial charge in [-0.05, 0) is 42.5 Å². The molecule has 1 aliphatic rings. The maximum atomic E-state index is 13.2. The molecule has 1 fully saturated rings. The van der Waals surface area contributed by atoms with Crippen LogP contribution in [-0.2, 0) is 22.6 Å². The van der Waals surface area contributed by atoms with Crippen LogP contribution in [0.15, 0.2) is 54.6 Å². The topological polar surface area (TPSA) is 78.4 Å². The number of aliphatic hydroxyl groups is 1. The molecule has 148 valence electrons. The molecule has 2 aromatic rings. The van der Waals surface area contributed by atoms with Gasteiger partial charge < -0.3 is 15.7 Å². The molecule has 0 radical (unpaired) electrons. The SMILES string of the molecule is O=C(Cc1cccc(F)c1)N[C@H]1CC[C@H](C(=O)NCc2ccccc2)C[C@@H]1O. The summed E-state index contributed by atoms with van der Waals surface area (Å²) < 4.78 is 13.2. The van der Waals surface area contributed by atoms with E-state index < -0.39 is 6.10 Å². The van der Waals surface area contributed by atoms with E-state index in [0.29, 0.717) is 31.4 Å². The molecular weight excluding hydrogens is 359 g/mol. The third-order valence-electron chi connectivity index (χ3n) is 5.10. The third-order valence-corrected chi connectivity index (χ3v) is 5.10. The van der Waals surface area contributed by atoms with Crippen LogP contribution in [0, 0.1) is 11.7 Å². The molecule has 2 aromatic carbocycles. The van der Waals surface area contributed by atoms with Crippen LogP contribution in [-0.4, -0.2) is 29.1 Å². The molecule has 2 amide bonds. The highest BCUT2D eigenvalue weighted by Crippen LogP contribution is 2.25. The van der Waals surface area contributed by atoms with Gasteiger partial charge in [0.2, 0.25) is 11.8 Å². The molecular formula is C22H25FN2O3.